The van der Waals surface area contributed by atoms with Gasteiger partial charge >= 0.3 is 0 Å². The first-order valence-corrected chi connectivity index (χ1v) is 15.2. The molecule has 0 radical (unpaired) electrons. The zero-order valence-corrected chi connectivity index (χ0v) is 23.5. The van der Waals surface area contributed by atoms with E-state index in [9.17, 15) is 16.8 Å². The highest BCUT2D eigenvalue weighted by Gasteiger charge is 2.33. The van der Waals surface area contributed by atoms with Crippen molar-refractivity contribution in [2.45, 2.75) is 48.6 Å². The topological polar surface area (TPSA) is 92.3 Å². The summed E-state index contributed by atoms with van der Waals surface area (Å²) in [5.74, 6) is 0. The predicted molar refractivity (Wildman–Crippen MR) is 151 cm³/mol. The Morgan fingerprint density at radius 1 is 0.447 bits per heavy atom. The van der Waals surface area contributed by atoms with Gasteiger partial charge in [-0.25, -0.2) is 26.3 Å². The summed E-state index contributed by atoms with van der Waals surface area (Å²) in [5.41, 5.74) is 0.387. The summed E-state index contributed by atoms with van der Waals surface area (Å²) in [6, 6.07) is 31.4. The molecule has 0 unspecified atom stereocenters. The van der Waals surface area contributed by atoms with Gasteiger partial charge in [-0.3, -0.25) is 0 Å². The molecule has 4 aromatic carbocycles. The van der Waals surface area contributed by atoms with E-state index in [4.69, 9.17) is 0 Å². The lowest BCUT2D eigenvalue weighted by atomic mass is 9.96. The van der Waals surface area contributed by atoms with E-state index in [-0.39, 0.29) is 9.79 Å². The van der Waals surface area contributed by atoms with Crippen molar-refractivity contribution >= 4 is 20.0 Å². The molecule has 0 aliphatic carbocycles. The maximum absolute atomic E-state index is 13.7. The molecule has 0 saturated heterocycles. The molecular weight excluding hydrogens is 516 g/mol. The molecule has 6 nitrogen and oxygen atoms in total. The Labute approximate surface area is 225 Å². The number of hydrogen-bond acceptors (Lipinski definition) is 4. The second-order valence-electron chi connectivity index (χ2n) is 10.2. The van der Waals surface area contributed by atoms with E-state index in [0.29, 0.717) is 11.1 Å². The highest BCUT2D eigenvalue weighted by Crippen LogP contribution is 2.35. The maximum Gasteiger partial charge on any atom is 0.241 e. The van der Waals surface area contributed by atoms with Gasteiger partial charge in [0.2, 0.25) is 20.0 Å². The van der Waals surface area contributed by atoms with E-state index in [1.54, 1.807) is 64.1 Å². The molecule has 8 heteroatoms. The fraction of sp³-hybridized carbons (Fsp3) is 0.200. The SMILES string of the molecule is CC(C)(NS(=O)(=O)c1ccccc1-c1ccccc1S(=O)(=O)NC(C)(C)c1ccccc1)c1ccccc1. The second kappa shape index (κ2) is 10.5. The van der Waals surface area contributed by atoms with Crippen LogP contribution in [0.2, 0.25) is 0 Å². The van der Waals surface area contributed by atoms with Crippen molar-refractivity contribution < 1.29 is 16.8 Å². The van der Waals surface area contributed by atoms with Crippen LogP contribution in [-0.4, -0.2) is 16.8 Å². The molecule has 0 aliphatic rings. The predicted octanol–water partition coefficient (Wildman–Crippen LogP) is 5.78. The monoisotopic (exact) mass is 548 g/mol. The third-order valence-corrected chi connectivity index (χ3v) is 9.84. The molecule has 4 rings (SSSR count). The Hall–Kier alpha value is -3.30. The Morgan fingerprint density at radius 2 is 0.737 bits per heavy atom. The minimum Gasteiger partial charge on any atom is -0.207 e. The minimum absolute atomic E-state index is 0.00558. The summed E-state index contributed by atoms with van der Waals surface area (Å²) in [6.45, 7) is 7.15. The van der Waals surface area contributed by atoms with Crippen molar-refractivity contribution in [2.24, 2.45) is 0 Å². The summed E-state index contributed by atoms with van der Waals surface area (Å²) in [4.78, 5) is -0.0112. The normalized spacial score (nSPS) is 12.8. The van der Waals surface area contributed by atoms with Crippen molar-refractivity contribution in [1.82, 2.24) is 9.44 Å². The molecule has 0 saturated carbocycles. The van der Waals surface area contributed by atoms with Crippen molar-refractivity contribution in [2.75, 3.05) is 0 Å². The first kappa shape index (κ1) is 27.7. The van der Waals surface area contributed by atoms with Crippen LogP contribution >= 0.6 is 0 Å². The summed E-state index contributed by atoms with van der Waals surface area (Å²) >= 11 is 0. The summed E-state index contributed by atoms with van der Waals surface area (Å²) in [5, 5.41) is 0. The van der Waals surface area contributed by atoms with Crippen LogP contribution in [0.25, 0.3) is 11.1 Å². The Bertz CT molecular complexity index is 1510. The fourth-order valence-electron chi connectivity index (χ4n) is 4.46. The number of sulfonamides is 2. The van der Waals surface area contributed by atoms with E-state index in [2.05, 4.69) is 9.44 Å². The molecule has 2 N–H and O–H groups in total. The molecule has 0 aromatic heterocycles. The summed E-state index contributed by atoms with van der Waals surface area (Å²) in [7, 11) is -8.10. The lowest BCUT2D eigenvalue weighted by molar-refractivity contribution is 0.470. The number of hydrogen-bond donors (Lipinski definition) is 2. The smallest absolute Gasteiger partial charge is 0.207 e. The maximum atomic E-state index is 13.7. The van der Waals surface area contributed by atoms with Crippen LogP contribution < -0.4 is 9.44 Å². The van der Waals surface area contributed by atoms with Crippen LogP contribution in [0.3, 0.4) is 0 Å². The van der Waals surface area contributed by atoms with E-state index in [0.717, 1.165) is 11.1 Å². The lowest BCUT2D eigenvalue weighted by Gasteiger charge is -2.28. The van der Waals surface area contributed by atoms with Gasteiger partial charge in [-0.15, -0.1) is 0 Å². The van der Waals surface area contributed by atoms with Crippen LogP contribution in [0.15, 0.2) is 119 Å². The number of benzene rings is 4. The minimum atomic E-state index is -4.05. The van der Waals surface area contributed by atoms with Gasteiger partial charge in [0.15, 0.2) is 0 Å². The highest BCUT2D eigenvalue weighted by atomic mass is 32.2. The molecule has 0 spiro atoms. The molecule has 198 valence electrons. The molecule has 4 aromatic rings. The van der Waals surface area contributed by atoms with Crippen molar-refractivity contribution in [3.8, 4) is 11.1 Å². The van der Waals surface area contributed by atoms with Crippen LogP contribution in [0.4, 0.5) is 0 Å². The summed E-state index contributed by atoms with van der Waals surface area (Å²) < 4.78 is 60.5. The zero-order chi connectivity index (χ0) is 27.6. The summed E-state index contributed by atoms with van der Waals surface area (Å²) in [6.07, 6.45) is 0. The van der Waals surface area contributed by atoms with Crippen LogP contribution in [-0.2, 0) is 31.1 Å². The van der Waals surface area contributed by atoms with Crippen LogP contribution in [0, 0.1) is 0 Å². The van der Waals surface area contributed by atoms with Crippen molar-refractivity contribution in [1.29, 1.82) is 0 Å². The standard InChI is InChI=1S/C30H32N2O4S2/c1-29(2,23-15-7-5-8-16-23)31-37(33,34)27-21-13-11-19-25(27)26-20-12-14-22-28(26)38(35,36)32-30(3,4)24-17-9-6-10-18-24/h5-22,31-32H,1-4H3. The third kappa shape index (κ3) is 5.89. The first-order chi connectivity index (χ1) is 17.8. The molecule has 38 heavy (non-hydrogen) atoms. The van der Waals surface area contributed by atoms with Gasteiger partial charge in [0, 0.05) is 11.1 Å². The van der Waals surface area contributed by atoms with E-state index < -0.39 is 31.1 Å². The Kier molecular flexibility index (Phi) is 7.63. The van der Waals surface area contributed by atoms with Gasteiger partial charge in [-0.2, -0.15) is 0 Å². The number of rotatable bonds is 9. The van der Waals surface area contributed by atoms with E-state index >= 15 is 0 Å². The van der Waals surface area contributed by atoms with Gasteiger partial charge in [0.1, 0.15) is 0 Å². The molecular formula is C30H32N2O4S2. The van der Waals surface area contributed by atoms with Gasteiger partial charge < -0.3 is 0 Å². The van der Waals surface area contributed by atoms with Crippen LogP contribution in [0.5, 0.6) is 0 Å². The molecule has 0 bridgehead atoms. The molecule has 0 amide bonds. The Balaban J connectivity index is 1.77. The third-order valence-electron chi connectivity index (χ3n) is 6.41. The fourth-order valence-corrected chi connectivity index (χ4v) is 7.71. The van der Waals surface area contributed by atoms with E-state index in [1.807, 2.05) is 60.7 Å². The second-order valence-corrected chi connectivity index (χ2v) is 13.5. The van der Waals surface area contributed by atoms with Gasteiger partial charge in [0.05, 0.1) is 20.9 Å². The average molecular weight is 549 g/mol. The number of nitrogens with one attached hydrogen (secondary N) is 2. The van der Waals surface area contributed by atoms with Gasteiger partial charge in [0.25, 0.3) is 0 Å². The van der Waals surface area contributed by atoms with Crippen LogP contribution in [0.1, 0.15) is 38.8 Å². The molecule has 0 heterocycles. The lowest BCUT2D eigenvalue weighted by Crippen LogP contribution is -2.41. The van der Waals surface area contributed by atoms with Gasteiger partial charge in [-0.05, 0) is 51.0 Å². The van der Waals surface area contributed by atoms with Crippen molar-refractivity contribution in [3.63, 3.8) is 0 Å². The highest BCUT2D eigenvalue weighted by molar-refractivity contribution is 7.90. The molecule has 0 fully saturated rings. The van der Waals surface area contributed by atoms with Crippen molar-refractivity contribution in [3.05, 3.63) is 120 Å². The van der Waals surface area contributed by atoms with E-state index in [1.165, 1.54) is 12.1 Å². The zero-order valence-electron chi connectivity index (χ0n) is 21.8. The quantitative estimate of drug-likeness (QED) is 0.277. The first-order valence-electron chi connectivity index (χ1n) is 12.2. The Morgan fingerprint density at radius 3 is 1.08 bits per heavy atom. The largest absolute Gasteiger partial charge is 0.241 e. The average Bonchev–Trinajstić information content (AvgIpc) is 2.89. The van der Waals surface area contributed by atoms with Gasteiger partial charge in [-0.1, -0.05) is 97.1 Å². The molecule has 0 atom stereocenters. The molecule has 0 aliphatic heterocycles.